The highest BCUT2D eigenvalue weighted by Gasteiger charge is 2.11. The van der Waals surface area contributed by atoms with Gasteiger partial charge in [-0.05, 0) is 36.1 Å². The Labute approximate surface area is 150 Å². The predicted molar refractivity (Wildman–Crippen MR) is 101 cm³/mol. The highest BCUT2D eigenvalue weighted by Crippen LogP contribution is 2.29. The summed E-state index contributed by atoms with van der Waals surface area (Å²) in [5.74, 6) is 0.206. The van der Waals surface area contributed by atoms with Crippen LogP contribution in [0.4, 0.5) is 5.13 Å². The first-order valence-corrected chi connectivity index (χ1v) is 9.85. The second-order valence-electron chi connectivity index (χ2n) is 5.14. The molecule has 0 unspecified atom stereocenters. The zero-order chi connectivity index (χ0) is 16.5. The molecule has 3 aromatic heterocycles. The summed E-state index contributed by atoms with van der Waals surface area (Å²) in [6, 6.07) is 8.02. The standard InChI is InChI=1S/C16H12N4OS3/c1-9-2-3-10-12(6-9)24-16(19-10)20-13(21)7-23-15-14-11(4-5-22-14)17-8-18-15/h2-6,8H,7H2,1H3,(H,19,20,21). The number of fused-ring (bicyclic) bond motifs is 2. The van der Waals surface area contributed by atoms with Crippen LogP contribution in [0.15, 0.2) is 41.0 Å². The van der Waals surface area contributed by atoms with Crippen LogP contribution in [0.5, 0.6) is 0 Å². The van der Waals surface area contributed by atoms with Gasteiger partial charge in [-0.3, -0.25) is 4.79 Å². The van der Waals surface area contributed by atoms with Crippen molar-refractivity contribution in [1.29, 1.82) is 0 Å². The molecule has 0 saturated carbocycles. The molecule has 0 spiro atoms. The number of aromatic nitrogens is 3. The average Bonchev–Trinajstić information content (AvgIpc) is 3.18. The first-order chi connectivity index (χ1) is 11.7. The fourth-order valence-corrected chi connectivity index (χ4v) is 4.97. The maximum atomic E-state index is 12.2. The quantitative estimate of drug-likeness (QED) is 0.426. The normalized spacial score (nSPS) is 11.2. The van der Waals surface area contributed by atoms with Crippen molar-refractivity contribution in [3.63, 3.8) is 0 Å². The third-order valence-electron chi connectivity index (χ3n) is 3.34. The molecule has 1 aromatic carbocycles. The summed E-state index contributed by atoms with van der Waals surface area (Å²) in [6.07, 6.45) is 1.53. The molecule has 8 heteroatoms. The van der Waals surface area contributed by atoms with E-state index >= 15 is 0 Å². The summed E-state index contributed by atoms with van der Waals surface area (Å²) < 4.78 is 2.10. The van der Waals surface area contributed by atoms with Crippen molar-refractivity contribution in [2.24, 2.45) is 0 Å². The Bertz CT molecular complexity index is 1040. The lowest BCUT2D eigenvalue weighted by atomic mass is 10.2. The maximum Gasteiger partial charge on any atom is 0.236 e. The van der Waals surface area contributed by atoms with E-state index in [1.54, 1.807) is 11.3 Å². The Kier molecular flexibility index (Phi) is 4.17. The summed E-state index contributed by atoms with van der Waals surface area (Å²) >= 11 is 4.49. The number of thiophene rings is 1. The summed E-state index contributed by atoms with van der Waals surface area (Å²) in [5, 5.41) is 6.32. The van der Waals surface area contributed by atoms with E-state index < -0.39 is 0 Å². The van der Waals surface area contributed by atoms with E-state index in [0.29, 0.717) is 10.9 Å². The topological polar surface area (TPSA) is 67.8 Å². The lowest BCUT2D eigenvalue weighted by molar-refractivity contribution is -0.113. The predicted octanol–water partition coefficient (Wildman–Crippen LogP) is 4.34. The number of rotatable bonds is 4. The van der Waals surface area contributed by atoms with E-state index in [2.05, 4.69) is 26.3 Å². The van der Waals surface area contributed by atoms with Crippen LogP contribution in [0.25, 0.3) is 20.4 Å². The number of hydrogen-bond donors (Lipinski definition) is 1. The number of amides is 1. The van der Waals surface area contributed by atoms with Crippen LogP contribution in [0.2, 0.25) is 0 Å². The van der Waals surface area contributed by atoms with Crippen molar-refractivity contribution in [2.75, 3.05) is 11.1 Å². The number of aryl methyl sites for hydroxylation is 1. The van der Waals surface area contributed by atoms with Crippen LogP contribution in [0, 0.1) is 6.92 Å². The Morgan fingerprint density at radius 3 is 3.08 bits per heavy atom. The number of nitrogens with zero attached hydrogens (tertiary/aromatic N) is 3. The molecule has 0 saturated heterocycles. The first kappa shape index (κ1) is 15.5. The summed E-state index contributed by atoms with van der Waals surface area (Å²) in [6.45, 7) is 2.04. The summed E-state index contributed by atoms with van der Waals surface area (Å²) in [4.78, 5) is 25.1. The maximum absolute atomic E-state index is 12.2. The van der Waals surface area contributed by atoms with E-state index in [0.717, 1.165) is 25.5 Å². The van der Waals surface area contributed by atoms with Gasteiger partial charge in [0.1, 0.15) is 11.4 Å². The molecule has 0 atom stereocenters. The zero-order valence-electron chi connectivity index (χ0n) is 12.6. The van der Waals surface area contributed by atoms with Gasteiger partial charge in [0.25, 0.3) is 0 Å². The molecular weight excluding hydrogens is 360 g/mol. The number of anilines is 1. The monoisotopic (exact) mass is 372 g/mol. The third-order valence-corrected chi connectivity index (χ3v) is 6.30. The Hall–Kier alpha value is -2.03. The summed E-state index contributed by atoms with van der Waals surface area (Å²) in [5.41, 5.74) is 3.01. The van der Waals surface area contributed by atoms with E-state index in [4.69, 9.17) is 0 Å². The minimum Gasteiger partial charge on any atom is -0.301 e. The van der Waals surface area contributed by atoms with Crippen molar-refractivity contribution in [3.05, 3.63) is 41.5 Å². The molecule has 4 rings (SSSR count). The van der Waals surface area contributed by atoms with Gasteiger partial charge in [0.15, 0.2) is 5.13 Å². The minimum absolute atomic E-state index is 0.0842. The molecule has 120 valence electrons. The fraction of sp³-hybridized carbons (Fsp3) is 0.125. The Morgan fingerprint density at radius 2 is 2.17 bits per heavy atom. The van der Waals surface area contributed by atoms with E-state index in [-0.39, 0.29) is 5.91 Å². The SMILES string of the molecule is Cc1ccc2nc(NC(=O)CSc3ncnc4ccsc34)sc2c1. The second kappa shape index (κ2) is 6.46. The van der Waals surface area contributed by atoms with Crippen molar-refractivity contribution in [2.45, 2.75) is 11.9 Å². The fourth-order valence-electron chi connectivity index (χ4n) is 2.24. The molecule has 1 amide bonds. The second-order valence-corrected chi connectivity index (χ2v) is 8.05. The molecule has 24 heavy (non-hydrogen) atoms. The zero-order valence-corrected chi connectivity index (χ0v) is 15.1. The number of carbonyl (C=O) groups is 1. The Morgan fingerprint density at radius 1 is 1.25 bits per heavy atom. The summed E-state index contributed by atoms with van der Waals surface area (Å²) in [7, 11) is 0. The number of thioether (sulfide) groups is 1. The molecule has 0 bridgehead atoms. The highest BCUT2D eigenvalue weighted by molar-refractivity contribution is 8.00. The lowest BCUT2D eigenvalue weighted by Crippen LogP contribution is -2.13. The first-order valence-electron chi connectivity index (χ1n) is 7.17. The Balaban J connectivity index is 1.45. The molecule has 0 aliphatic rings. The molecule has 0 aliphatic carbocycles. The van der Waals surface area contributed by atoms with Gasteiger partial charge in [0.2, 0.25) is 5.91 Å². The van der Waals surface area contributed by atoms with Crippen molar-refractivity contribution in [3.8, 4) is 0 Å². The number of benzene rings is 1. The number of nitrogens with one attached hydrogen (secondary N) is 1. The molecular formula is C16H12N4OS3. The van der Waals surface area contributed by atoms with Crippen LogP contribution in [0.3, 0.4) is 0 Å². The average molecular weight is 373 g/mol. The lowest BCUT2D eigenvalue weighted by Gasteiger charge is -2.02. The molecule has 4 aromatic rings. The number of hydrogen-bond acceptors (Lipinski definition) is 7. The van der Waals surface area contributed by atoms with E-state index in [1.807, 2.05) is 30.5 Å². The number of thiazole rings is 1. The van der Waals surface area contributed by atoms with Crippen LogP contribution >= 0.6 is 34.4 Å². The largest absolute Gasteiger partial charge is 0.301 e. The van der Waals surface area contributed by atoms with Gasteiger partial charge in [-0.15, -0.1) is 11.3 Å². The van der Waals surface area contributed by atoms with Gasteiger partial charge >= 0.3 is 0 Å². The molecule has 3 heterocycles. The van der Waals surface area contributed by atoms with Crippen molar-refractivity contribution >= 4 is 65.9 Å². The molecule has 1 N–H and O–H groups in total. The van der Waals surface area contributed by atoms with Gasteiger partial charge < -0.3 is 5.32 Å². The van der Waals surface area contributed by atoms with Crippen LogP contribution in [-0.4, -0.2) is 26.6 Å². The smallest absolute Gasteiger partial charge is 0.236 e. The van der Waals surface area contributed by atoms with Gasteiger partial charge in [0.05, 0.1) is 26.2 Å². The molecule has 5 nitrogen and oxygen atoms in total. The van der Waals surface area contributed by atoms with Crippen molar-refractivity contribution < 1.29 is 4.79 Å². The third kappa shape index (κ3) is 3.12. The van der Waals surface area contributed by atoms with Gasteiger partial charge in [0, 0.05) is 0 Å². The van der Waals surface area contributed by atoms with Crippen LogP contribution < -0.4 is 5.32 Å². The molecule has 0 fully saturated rings. The van der Waals surface area contributed by atoms with Crippen molar-refractivity contribution in [1.82, 2.24) is 15.0 Å². The molecule has 0 aliphatic heterocycles. The van der Waals surface area contributed by atoms with Crippen LogP contribution in [-0.2, 0) is 4.79 Å². The number of carbonyl (C=O) groups excluding carboxylic acids is 1. The van der Waals surface area contributed by atoms with Crippen LogP contribution in [0.1, 0.15) is 5.56 Å². The van der Waals surface area contributed by atoms with E-state index in [9.17, 15) is 4.79 Å². The highest BCUT2D eigenvalue weighted by atomic mass is 32.2. The molecule has 0 radical (unpaired) electrons. The van der Waals surface area contributed by atoms with E-state index in [1.165, 1.54) is 35.0 Å². The van der Waals surface area contributed by atoms with Gasteiger partial charge in [-0.2, -0.15) is 0 Å². The minimum atomic E-state index is -0.0842. The van der Waals surface area contributed by atoms with Gasteiger partial charge in [-0.1, -0.05) is 29.2 Å². The van der Waals surface area contributed by atoms with Gasteiger partial charge in [-0.25, -0.2) is 15.0 Å².